The third-order valence-corrected chi connectivity index (χ3v) is 4.73. The normalized spacial score (nSPS) is 26.0. The Morgan fingerprint density at radius 1 is 1.38 bits per heavy atom. The summed E-state index contributed by atoms with van der Waals surface area (Å²) >= 11 is 3.43. The van der Waals surface area contributed by atoms with Crippen molar-refractivity contribution in [2.75, 3.05) is 0 Å². The summed E-state index contributed by atoms with van der Waals surface area (Å²) < 4.78 is 6.52. The zero-order valence-electron chi connectivity index (χ0n) is 12.2. The molecule has 0 radical (unpaired) electrons. The van der Waals surface area contributed by atoms with Crippen molar-refractivity contribution in [3.8, 4) is 0 Å². The van der Waals surface area contributed by atoms with Crippen LogP contribution in [0.25, 0.3) is 0 Å². The van der Waals surface area contributed by atoms with Gasteiger partial charge < -0.3 is 10.3 Å². The molecule has 0 bridgehead atoms. The molecule has 0 spiro atoms. The van der Waals surface area contributed by atoms with Crippen LogP contribution in [0.4, 0.5) is 0 Å². The summed E-state index contributed by atoms with van der Waals surface area (Å²) in [5, 5.41) is 4.10. The van der Waals surface area contributed by atoms with Gasteiger partial charge in [0.1, 0.15) is 0 Å². The van der Waals surface area contributed by atoms with Crippen LogP contribution < -0.4 is 5.73 Å². The van der Waals surface area contributed by atoms with Crippen molar-refractivity contribution in [1.29, 1.82) is 0 Å². The van der Waals surface area contributed by atoms with Crippen molar-refractivity contribution < 1.29 is 4.52 Å². The molecule has 21 heavy (non-hydrogen) atoms. The first-order valence-electron chi connectivity index (χ1n) is 7.41. The van der Waals surface area contributed by atoms with Gasteiger partial charge in [-0.2, -0.15) is 4.98 Å². The Balaban J connectivity index is 1.75. The van der Waals surface area contributed by atoms with Gasteiger partial charge in [-0.25, -0.2) is 0 Å². The average molecular weight is 350 g/mol. The number of aromatic nitrogens is 2. The summed E-state index contributed by atoms with van der Waals surface area (Å²) in [7, 11) is 0. The van der Waals surface area contributed by atoms with Crippen LogP contribution in [0.2, 0.25) is 0 Å². The Kier molecular flexibility index (Phi) is 4.13. The summed E-state index contributed by atoms with van der Waals surface area (Å²) in [6.45, 7) is 2.24. The predicted molar refractivity (Wildman–Crippen MR) is 84.7 cm³/mol. The van der Waals surface area contributed by atoms with Crippen LogP contribution in [0.3, 0.4) is 0 Å². The number of nitrogens with two attached hydrogens (primary N) is 1. The van der Waals surface area contributed by atoms with Crippen molar-refractivity contribution in [3.63, 3.8) is 0 Å². The highest BCUT2D eigenvalue weighted by Crippen LogP contribution is 2.37. The Labute approximate surface area is 133 Å². The Bertz CT molecular complexity index is 610. The quantitative estimate of drug-likeness (QED) is 0.915. The second-order valence-electron chi connectivity index (χ2n) is 6.18. The maximum absolute atomic E-state index is 6.49. The first kappa shape index (κ1) is 14.7. The van der Waals surface area contributed by atoms with Gasteiger partial charge in [-0.15, -0.1) is 0 Å². The zero-order valence-corrected chi connectivity index (χ0v) is 13.8. The zero-order chi connectivity index (χ0) is 14.9. The van der Waals surface area contributed by atoms with Crippen molar-refractivity contribution in [1.82, 2.24) is 10.1 Å². The van der Waals surface area contributed by atoms with E-state index in [0.717, 1.165) is 29.3 Å². The molecule has 0 aliphatic heterocycles. The van der Waals surface area contributed by atoms with Crippen molar-refractivity contribution in [3.05, 3.63) is 46.0 Å². The molecule has 2 N–H and O–H groups in total. The van der Waals surface area contributed by atoms with Gasteiger partial charge in [-0.05, 0) is 36.5 Å². The lowest BCUT2D eigenvalue weighted by Crippen LogP contribution is -2.41. The van der Waals surface area contributed by atoms with Gasteiger partial charge in [0.25, 0.3) is 0 Å². The van der Waals surface area contributed by atoms with E-state index in [0.29, 0.717) is 24.1 Å². The molecule has 4 nitrogen and oxygen atoms in total. The largest absolute Gasteiger partial charge is 0.337 e. The van der Waals surface area contributed by atoms with E-state index < -0.39 is 5.54 Å². The minimum absolute atomic E-state index is 0.442. The molecule has 5 heteroatoms. The fourth-order valence-electron chi connectivity index (χ4n) is 3.10. The number of hydrogen-bond donors (Lipinski definition) is 1. The number of halogens is 1. The van der Waals surface area contributed by atoms with Crippen molar-refractivity contribution in [2.45, 2.75) is 44.6 Å². The lowest BCUT2D eigenvalue weighted by Gasteiger charge is -2.33. The lowest BCUT2D eigenvalue weighted by molar-refractivity contribution is 0.183. The van der Waals surface area contributed by atoms with Gasteiger partial charge in [0.2, 0.25) is 5.89 Å². The Hall–Kier alpha value is -1.20. The Morgan fingerprint density at radius 3 is 2.86 bits per heavy atom. The van der Waals surface area contributed by atoms with E-state index in [1.54, 1.807) is 0 Å². The Morgan fingerprint density at radius 2 is 2.14 bits per heavy atom. The molecule has 1 aromatic carbocycles. The predicted octanol–water partition coefficient (Wildman–Crippen LogP) is 3.79. The second kappa shape index (κ2) is 5.89. The summed E-state index contributed by atoms with van der Waals surface area (Å²) in [6.07, 6.45) is 4.88. The number of benzene rings is 1. The first-order chi connectivity index (χ1) is 10.0. The van der Waals surface area contributed by atoms with E-state index in [9.17, 15) is 0 Å². The highest BCUT2D eigenvalue weighted by molar-refractivity contribution is 9.10. The van der Waals surface area contributed by atoms with Gasteiger partial charge in [-0.3, -0.25) is 0 Å². The summed E-state index contributed by atoms with van der Waals surface area (Å²) in [4.78, 5) is 4.54. The van der Waals surface area contributed by atoms with Gasteiger partial charge in [0, 0.05) is 10.9 Å². The van der Waals surface area contributed by atoms with Gasteiger partial charge >= 0.3 is 0 Å². The van der Waals surface area contributed by atoms with Gasteiger partial charge in [0.15, 0.2) is 5.82 Å². The number of rotatable bonds is 3. The first-order valence-corrected chi connectivity index (χ1v) is 8.21. The van der Waals surface area contributed by atoms with Crippen LogP contribution >= 0.6 is 15.9 Å². The second-order valence-corrected chi connectivity index (χ2v) is 7.09. The molecule has 3 rings (SSSR count). The molecule has 2 unspecified atom stereocenters. The van der Waals surface area contributed by atoms with Crippen LogP contribution in [-0.4, -0.2) is 10.1 Å². The summed E-state index contributed by atoms with van der Waals surface area (Å²) in [5.41, 5.74) is 7.21. The molecule has 1 heterocycles. The molecular weight excluding hydrogens is 330 g/mol. The smallest absolute Gasteiger partial charge is 0.246 e. The standard InChI is InChI=1S/C16H20BrN3O/c1-11-3-2-8-16(18,10-11)15-19-14(20-21-15)9-12-4-6-13(17)7-5-12/h4-7,11H,2-3,8-10,18H2,1H3. The van der Waals surface area contributed by atoms with E-state index in [1.807, 2.05) is 12.1 Å². The van der Waals surface area contributed by atoms with Crippen LogP contribution in [0, 0.1) is 5.92 Å². The summed E-state index contributed by atoms with van der Waals surface area (Å²) in [6, 6.07) is 8.15. The van der Waals surface area contributed by atoms with Gasteiger partial charge in [-0.1, -0.05) is 53.0 Å². The molecule has 112 valence electrons. The fraction of sp³-hybridized carbons (Fsp3) is 0.500. The molecule has 1 aliphatic rings. The van der Waals surface area contributed by atoms with Crippen LogP contribution in [0.5, 0.6) is 0 Å². The topological polar surface area (TPSA) is 64.9 Å². The fourth-order valence-corrected chi connectivity index (χ4v) is 3.36. The minimum Gasteiger partial charge on any atom is -0.337 e. The van der Waals surface area contributed by atoms with Gasteiger partial charge in [0.05, 0.1) is 5.54 Å². The van der Waals surface area contributed by atoms with Crippen molar-refractivity contribution >= 4 is 15.9 Å². The average Bonchev–Trinajstić information content (AvgIpc) is 2.90. The molecule has 2 aromatic rings. The molecule has 2 atom stereocenters. The third kappa shape index (κ3) is 3.35. The number of nitrogens with zero attached hydrogens (tertiary/aromatic N) is 2. The molecular formula is C16H20BrN3O. The van der Waals surface area contributed by atoms with E-state index in [1.165, 1.54) is 6.42 Å². The number of hydrogen-bond acceptors (Lipinski definition) is 4. The monoisotopic (exact) mass is 349 g/mol. The van der Waals surface area contributed by atoms with E-state index in [-0.39, 0.29) is 0 Å². The minimum atomic E-state index is -0.442. The maximum Gasteiger partial charge on any atom is 0.246 e. The molecule has 0 amide bonds. The maximum atomic E-state index is 6.49. The highest BCUT2D eigenvalue weighted by Gasteiger charge is 2.37. The molecule has 0 saturated heterocycles. The SMILES string of the molecule is CC1CCCC(N)(c2nc(Cc3ccc(Br)cc3)no2)C1. The molecule has 1 aliphatic carbocycles. The van der Waals surface area contributed by atoms with E-state index in [2.05, 4.69) is 45.1 Å². The van der Waals surface area contributed by atoms with Crippen LogP contribution in [0.15, 0.2) is 33.3 Å². The highest BCUT2D eigenvalue weighted by atomic mass is 79.9. The van der Waals surface area contributed by atoms with Crippen molar-refractivity contribution in [2.24, 2.45) is 11.7 Å². The molecule has 1 aromatic heterocycles. The van der Waals surface area contributed by atoms with Crippen LogP contribution in [-0.2, 0) is 12.0 Å². The van der Waals surface area contributed by atoms with E-state index >= 15 is 0 Å². The van der Waals surface area contributed by atoms with E-state index in [4.69, 9.17) is 10.3 Å². The van der Waals surface area contributed by atoms with Crippen LogP contribution in [0.1, 0.15) is 49.9 Å². The molecule has 1 fully saturated rings. The third-order valence-electron chi connectivity index (χ3n) is 4.20. The summed E-state index contributed by atoms with van der Waals surface area (Å²) in [5.74, 6) is 1.92. The lowest BCUT2D eigenvalue weighted by atomic mass is 9.77. The molecule has 1 saturated carbocycles.